The van der Waals surface area contributed by atoms with Crippen LogP contribution < -0.4 is 0 Å². The molecule has 1 aliphatic heterocycles. The first-order valence-corrected chi connectivity index (χ1v) is 4.27. The minimum Gasteiger partial charge on any atom is -0.345 e. The van der Waals surface area contributed by atoms with Crippen LogP contribution in [0.5, 0.6) is 0 Å². The van der Waals surface area contributed by atoms with Crippen molar-refractivity contribution in [3.8, 4) is 0 Å². The molecule has 1 aromatic rings. The Morgan fingerprint density at radius 1 is 1.50 bits per heavy atom. The van der Waals surface area contributed by atoms with Crippen LogP contribution in [0.1, 0.15) is 30.8 Å². The van der Waals surface area contributed by atoms with Gasteiger partial charge in [0.2, 0.25) is 0 Å². The predicted molar refractivity (Wildman–Crippen MR) is 47.2 cm³/mol. The Balaban J connectivity index is 2.45. The van der Waals surface area contributed by atoms with Gasteiger partial charge in [-0.3, -0.25) is 4.79 Å². The average molecular weight is 163 g/mol. The zero-order valence-corrected chi connectivity index (χ0v) is 7.50. The molecule has 0 radical (unpaired) electrons. The molecule has 0 aliphatic carbocycles. The minimum atomic E-state index is 0.128. The van der Waals surface area contributed by atoms with Gasteiger partial charge in [-0.1, -0.05) is 13.8 Å². The molecule has 2 heterocycles. The molecule has 0 fully saturated rings. The molecule has 0 amide bonds. The number of hydrogen-bond donors (Lipinski definition) is 0. The van der Waals surface area contributed by atoms with Gasteiger partial charge in [-0.05, 0) is 17.5 Å². The third kappa shape index (κ3) is 1.07. The van der Waals surface area contributed by atoms with E-state index in [0.717, 1.165) is 12.2 Å². The second-order valence-electron chi connectivity index (χ2n) is 4.29. The van der Waals surface area contributed by atoms with Gasteiger partial charge in [-0.25, -0.2) is 0 Å². The first-order chi connectivity index (χ1) is 5.58. The molecule has 0 atom stereocenters. The summed E-state index contributed by atoms with van der Waals surface area (Å²) in [4.78, 5) is 11.5. The highest BCUT2D eigenvalue weighted by molar-refractivity contribution is 5.95. The lowest BCUT2D eigenvalue weighted by Crippen LogP contribution is -2.30. The Bertz CT molecular complexity index is 322. The number of ketones is 1. The molecule has 0 bridgehead atoms. The first kappa shape index (κ1) is 7.59. The quantitative estimate of drug-likeness (QED) is 0.574. The molecule has 2 rings (SSSR count). The maximum absolute atomic E-state index is 11.5. The van der Waals surface area contributed by atoms with Gasteiger partial charge < -0.3 is 4.57 Å². The zero-order valence-electron chi connectivity index (χ0n) is 7.50. The Labute approximate surface area is 72.2 Å². The number of carbonyl (C=O) groups is 1. The molecule has 0 spiro atoms. The van der Waals surface area contributed by atoms with Crippen molar-refractivity contribution in [2.45, 2.75) is 26.8 Å². The van der Waals surface area contributed by atoms with E-state index in [4.69, 9.17) is 0 Å². The highest BCUT2D eigenvalue weighted by Crippen LogP contribution is 2.30. The van der Waals surface area contributed by atoms with Crippen LogP contribution in [0.4, 0.5) is 0 Å². The van der Waals surface area contributed by atoms with Crippen molar-refractivity contribution in [3.63, 3.8) is 0 Å². The molecule has 0 saturated heterocycles. The summed E-state index contributed by atoms with van der Waals surface area (Å²) in [6, 6.07) is 3.84. The maximum Gasteiger partial charge on any atom is 0.179 e. The monoisotopic (exact) mass is 163 g/mol. The number of hydrogen-bond acceptors (Lipinski definition) is 1. The fourth-order valence-corrected chi connectivity index (χ4v) is 1.85. The molecule has 0 aromatic carbocycles. The number of fused-ring (bicyclic) bond motifs is 1. The van der Waals surface area contributed by atoms with Crippen LogP contribution in [0.3, 0.4) is 0 Å². The van der Waals surface area contributed by atoms with Gasteiger partial charge in [0.05, 0.1) is 5.69 Å². The summed E-state index contributed by atoms with van der Waals surface area (Å²) in [6.45, 7) is 5.22. The molecule has 1 aliphatic rings. The zero-order chi connectivity index (χ0) is 8.77. The van der Waals surface area contributed by atoms with E-state index < -0.39 is 0 Å². The van der Waals surface area contributed by atoms with Crippen molar-refractivity contribution < 1.29 is 4.79 Å². The summed E-state index contributed by atoms with van der Waals surface area (Å²) in [7, 11) is 0. The largest absolute Gasteiger partial charge is 0.345 e. The Kier molecular flexibility index (Phi) is 1.40. The van der Waals surface area contributed by atoms with Crippen LogP contribution in [0.2, 0.25) is 0 Å². The van der Waals surface area contributed by atoms with E-state index in [-0.39, 0.29) is 11.2 Å². The van der Waals surface area contributed by atoms with Gasteiger partial charge in [-0.15, -0.1) is 0 Å². The van der Waals surface area contributed by atoms with Crippen molar-refractivity contribution in [2.24, 2.45) is 5.41 Å². The molecule has 0 N–H and O–H groups in total. The maximum atomic E-state index is 11.5. The van der Waals surface area contributed by atoms with Crippen molar-refractivity contribution in [2.75, 3.05) is 0 Å². The number of rotatable bonds is 0. The van der Waals surface area contributed by atoms with Crippen LogP contribution in [0.15, 0.2) is 18.3 Å². The van der Waals surface area contributed by atoms with Gasteiger partial charge in [0.25, 0.3) is 0 Å². The molecule has 2 heteroatoms. The van der Waals surface area contributed by atoms with E-state index in [9.17, 15) is 4.79 Å². The lowest BCUT2D eigenvalue weighted by Gasteiger charge is -2.30. The Hall–Kier alpha value is -1.05. The molecule has 0 unspecified atom stereocenters. The van der Waals surface area contributed by atoms with Crippen LogP contribution in [-0.2, 0) is 6.54 Å². The number of nitrogens with zero attached hydrogens (tertiary/aromatic N) is 1. The van der Waals surface area contributed by atoms with Crippen molar-refractivity contribution in [3.05, 3.63) is 24.0 Å². The van der Waals surface area contributed by atoms with Crippen molar-refractivity contribution in [1.29, 1.82) is 0 Å². The standard InChI is InChI=1S/C10H13NO/c1-10(2)6-9(12)8-4-3-5-11(8)7-10/h3-5H,6-7H2,1-2H3. The van der Waals surface area contributed by atoms with E-state index in [1.54, 1.807) is 0 Å². The summed E-state index contributed by atoms with van der Waals surface area (Å²) < 4.78 is 2.05. The number of Topliss-reactive ketones (excluding diaryl/α,β-unsaturated/α-hetero) is 1. The van der Waals surface area contributed by atoms with Crippen LogP contribution in [0.25, 0.3) is 0 Å². The van der Waals surface area contributed by atoms with E-state index in [1.807, 2.05) is 22.9 Å². The van der Waals surface area contributed by atoms with Crippen LogP contribution in [-0.4, -0.2) is 10.4 Å². The van der Waals surface area contributed by atoms with Crippen molar-refractivity contribution >= 4 is 5.78 Å². The lowest BCUT2D eigenvalue weighted by atomic mass is 9.84. The summed E-state index contributed by atoms with van der Waals surface area (Å²) in [6.07, 6.45) is 2.66. The topological polar surface area (TPSA) is 22.0 Å². The van der Waals surface area contributed by atoms with Gasteiger partial charge >= 0.3 is 0 Å². The highest BCUT2D eigenvalue weighted by atomic mass is 16.1. The second kappa shape index (κ2) is 2.22. The molecule has 2 nitrogen and oxygen atoms in total. The van der Waals surface area contributed by atoms with Crippen molar-refractivity contribution in [1.82, 2.24) is 4.57 Å². The third-order valence-corrected chi connectivity index (χ3v) is 2.35. The average Bonchev–Trinajstić information content (AvgIpc) is 2.31. The molecule has 64 valence electrons. The fraction of sp³-hybridized carbons (Fsp3) is 0.500. The third-order valence-electron chi connectivity index (χ3n) is 2.35. The van der Waals surface area contributed by atoms with Crippen LogP contribution >= 0.6 is 0 Å². The smallest absolute Gasteiger partial charge is 0.179 e. The van der Waals surface area contributed by atoms with Crippen LogP contribution in [0, 0.1) is 5.41 Å². The summed E-state index contributed by atoms with van der Waals surface area (Å²) in [5.74, 6) is 0.274. The van der Waals surface area contributed by atoms with E-state index in [1.165, 1.54) is 0 Å². The first-order valence-electron chi connectivity index (χ1n) is 4.27. The number of aromatic nitrogens is 1. The Morgan fingerprint density at radius 3 is 3.00 bits per heavy atom. The molecular weight excluding hydrogens is 150 g/mol. The summed E-state index contributed by atoms with van der Waals surface area (Å²) in [5.41, 5.74) is 0.998. The van der Waals surface area contributed by atoms with E-state index in [0.29, 0.717) is 6.42 Å². The van der Waals surface area contributed by atoms with E-state index in [2.05, 4.69) is 13.8 Å². The second-order valence-corrected chi connectivity index (χ2v) is 4.29. The minimum absolute atomic E-state index is 0.128. The Morgan fingerprint density at radius 2 is 2.25 bits per heavy atom. The molecule has 1 aromatic heterocycles. The molecule has 12 heavy (non-hydrogen) atoms. The normalized spacial score (nSPS) is 20.7. The lowest BCUT2D eigenvalue weighted by molar-refractivity contribution is 0.0870. The predicted octanol–water partition coefficient (Wildman–Crippen LogP) is 2.10. The van der Waals surface area contributed by atoms with Gasteiger partial charge in [-0.2, -0.15) is 0 Å². The van der Waals surface area contributed by atoms with Gasteiger partial charge in [0.15, 0.2) is 5.78 Å². The molecule has 0 saturated carbocycles. The van der Waals surface area contributed by atoms with Gasteiger partial charge in [0, 0.05) is 19.2 Å². The summed E-state index contributed by atoms with van der Waals surface area (Å²) in [5, 5.41) is 0. The number of carbonyl (C=O) groups excluding carboxylic acids is 1. The van der Waals surface area contributed by atoms with Gasteiger partial charge in [0.1, 0.15) is 0 Å². The SMILES string of the molecule is CC1(C)CC(=O)c2cccn2C1. The molecular formula is C10H13NO. The highest BCUT2D eigenvalue weighted by Gasteiger charge is 2.29. The fourth-order valence-electron chi connectivity index (χ4n) is 1.85. The van der Waals surface area contributed by atoms with E-state index >= 15 is 0 Å². The summed E-state index contributed by atoms with van der Waals surface area (Å²) >= 11 is 0.